The number of nitrogens with two attached hydrogens (primary N) is 1. The molecule has 2 aromatic carbocycles. The summed E-state index contributed by atoms with van der Waals surface area (Å²) >= 11 is 6.23. The highest BCUT2D eigenvalue weighted by Gasteiger charge is 2.20. The number of aryl methyl sites for hydroxylation is 1. The van der Waals surface area contributed by atoms with E-state index in [0.29, 0.717) is 22.0 Å². The van der Waals surface area contributed by atoms with Gasteiger partial charge in [0, 0.05) is 5.56 Å². The summed E-state index contributed by atoms with van der Waals surface area (Å²) in [6.07, 6.45) is 0. The average molecular weight is 349 g/mol. The molecule has 0 amide bonds. The van der Waals surface area contributed by atoms with E-state index in [9.17, 15) is 8.42 Å². The van der Waals surface area contributed by atoms with Crippen LogP contribution in [-0.2, 0) is 10.0 Å². The fourth-order valence-electron chi connectivity index (χ4n) is 2.28. The Morgan fingerprint density at radius 2 is 1.78 bits per heavy atom. The third-order valence-corrected chi connectivity index (χ3v) is 4.80. The molecule has 0 aliphatic carbocycles. The number of rotatable bonds is 3. The van der Waals surface area contributed by atoms with Gasteiger partial charge in [0.15, 0.2) is 5.76 Å². The summed E-state index contributed by atoms with van der Waals surface area (Å²) in [7, 11) is -3.84. The number of primary sulfonamides is 1. The standard InChI is InChI=1S/C16H13ClN2O3S/c1-10-15(17)16(22-19-10)14-9-12(23(18,20)21)7-8-13(14)11-5-3-2-4-6-11/h2-9H,1H3,(H2,18,20,21). The smallest absolute Gasteiger partial charge is 0.238 e. The van der Waals surface area contributed by atoms with Crippen LogP contribution < -0.4 is 5.14 Å². The van der Waals surface area contributed by atoms with Gasteiger partial charge in [-0.1, -0.05) is 53.2 Å². The molecule has 0 atom stereocenters. The molecule has 2 N–H and O–H groups in total. The van der Waals surface area contributed by atoms with Gasteiger partial charge in [0.2, 0.25) is 10.0 Å². The minimum absolute atomic E-state index is 0.0164. The van der Waals surface area contributed by atoms with Crippen molar-refractivity contribution in [2.75, 3.05) is 0 Å². The van der Waals surface area contributed by atoms with Crippen LogP contribution in [0.3, 0.4) is 0 Å². The first-order valence-electron chi connectivity index (χ1n) is 6.72. The minimum atomic E-state index is -3.84. The summed E-state index contributed by atoms with van der Waals surface area (Å²) in [5.74, 6) is 0.313. The third-order valence-electron chi connectivity index (χ3n) is 3.44. The van der Waals surface area contributed by atoms with Gasteiger partial charge in [-0.15, -0.1) is 0 Å². The maximum atomic E-state index is 11.7. The number of hydrogen-bond donors (Lipinski definition) is 1. The normalized spacial score (nSPS) is 11.6. The number of halogens is 1. The average Bonchev–Trinajstić information content (AvgIpc) is 2.86. The van der Waals surface area contributed by atoms with E-state index in [2.05, 4.69) is 5.16 Å². The summed E-state index contributed by atoms with van der Waals surface area (Å²) in [4.78, 5) is -0.0164. The Labute approximate surface area is 138 Å². The van der Waals surface area contributed by atoms with Crippen molar-refractivity contribution in [3.05, 3.63) is 59.2 Å². The molecule has 0 fully saturated rings. The second kappa shape index (κ2) is 5.81. The zero-order valence-electron chi connectivity index (χ0n) is 12.2. The molecule has 0 aliphatic heterocycles. The molecule has 0 aliphatic rings. The third kappa shape index (κ3) is 3.01. The maximum Gasteiger partial charge on any atom is 0.238 e. The molecule has 3 rings (SSSR count). The Hall–Kier alpha value is -2.15. The first-order chi connectivity index (χ1) is 10.9. The van der Waals surface area contributed by atoms with E-state index >= 15 is 0 Å². The largest absolute Gasteiger partial charge is 0.354 e. The van der Waals surface area contributed by atoms with Gasteiger partial charge in [-0.3, -0.25) is 0 Å². The highest BCUT2D eigenvalue weighted by molar-refractivity contribution is 7.89. The molecule has 23 heavy (non-hydrogen) atoms. The van der Waals surface area contributed by atoms with E-state index in [-0.39, 0.29) is 4.90 Å². The minimum Gasteiger partial charge on any atom is -0.354 e. The number of hydrogen-bond acceptors (Lipinski definition) is 4. The predicted octanol–water partition coefficient (Wildman–Crippen LogP) is 3.62. The summed E-state index contributed by atoms with van der Waals surface area (Å²) in [5, 5.41) is 9.40. The number of sulfonamides is 1. The first kappa shape index (κ1) is 15.7. The Balaban J connectivity index is 2.31. The van der Waals surface area contributed by atoms with E-state index in [4.69, 9.17) is 21.3 Å². The van der Waals surface area contributed by atoms with Crippen molar-refractivity contribution in [3.8, 4) is 22.5 Å². The lowest BCUT2D eigenvalue weighted by atomic mass is 9.98. The molecular weight excluding hydrogens is 336 g/mol. The SMILES string of the molecule is Cc1noc(-c2cc(S(N)(=O)=O)ccc2-c2ccccc2)c1Cl. The van der Waals surface area contributed by atoms with Crippen LogP contribution in [0, 0.1) is 6.92 Å². The fourth-order valence-corrected chi connectivity index (χ4v) is 2.99. The van der Waals surface area contributed by atoms with Crippen LogP contribution in [0.15, 0.2) is 57.9 Å². The Bertz CT molecular complexity index is 966. The second-order valence-electron chi connectivity index (χ2n) is 5.03. The van der Waals surface area contributed by atoms with Gasteiger partial charge in [0.05, 0.1) is 10.6 Å². The van der Waals surface area contributed by atoms with Crippen LogP contribution in [0.25, 0.3) is 22.5 Å². The van der Waals surface area contributed by atoms with Crippen molar-refractivity contribution >= 4 is 21.6 Å². The molecule has 0 radical (unpaired) electrons. The molecule has 1 heterocycles. The summed E-state index contributed by atoms with van der Waals surface area (Å²) < 4.78 is 28.6. The van der Waals surface area contributed by atoms with Crippen LogP contribution in [0.4, 0.5) is 0 Å². The molecule has 0 bridgehead atoms. The molecule has 7 heteroatoms. The van der Waals surface area contributed by atoms with Gasteiger partial charge in [-0.05, 0) is 30.2 Å². The highest BCUT2D eigenvalue weighted by atomic mass is 35.5. The molecule has 1 aromatic heterocycles. The van der Waals surface area contributed by atoms with E-state index in [0.717, 1.165) is 11.1 Å². The van der Waals surface area contributed by atoms with Crippen molar-refractivity contribution in [1.29, 1.82) is 0 Å². The van der Waals surface area contributed by atoms with Gasteiger partial charge in [0.1, 0.15) is 5.02 Å². The number of nitrogens with zero attached hydrogens (tertiary/aromatic N) is 1. The molecule has 5 nitrogen and oxygen atoms in total. The fraction of sp³-hybridized carbons (Fsp3) is 0.0625. The molecule has 118 valence electrons. The van der Waals surface area contributed by atoms with Gasteiger partial charge >= 0.3 is 0 Å². The van der Waals surface area contributed by atoms with Crippen molar-refractivity contribution in [3.63, 3.8) is 0 Å². The van der Waals surface area contributed by atoms with Crippen LogP contribution in [0.1, 0.15) is 5.69 Å². The van der Waals surface area contributed by atoms with E-state index in [1.165, 1.54) is 12.1 Å². The summed E-state index contributed by atoms with van der Waals surface area (Å²) in [6.45, 7) is 1.71. The highest BCUT2D eigenvalue weighted by Crippen LogP contribution is 2.38. The van der Waals surface area contributed by atoms with Crippen LogP contribution in [0.5, 0.6) is 0 Å². The van der Waals surface area contributed by atoms with Crippen molar-refractivity contribution in [2.45, 2.75) is 11.8 Å². The quantitative estimate of drug-likeness (QED) is 0.783. The zero-order chi connectivity index (χ0) is 16.6. The topological polar surface area (TPSA) is 86.2 Å². The summed E-state index contributed by atoms with van der Waals surface area (Å²) in [6, 6.07) is 14.1. The van der Waals surface area contributed by atoms with Crippen LogP contribution in [0.2, 0.25) is 5.02 Å². The first-order valence-corrected chi connectivity index (χ1v) is 8.65. The molecular formula is C16H13ClN2O3S. The van der Waals surface area contributed by atoms with Crippen molar-refractivity contribution < 1.29 is 12.9 Å². The van der Waals surface area contributed by atoms with E-state index < -0.39 is 10.0 Å². The molecule has 3 aromatic rings. The maximum absolute atomic E-state index is 11.7. The lowest BCUT2D eigenvalue weighted by Gasteiger charge is -2.10. The van der Waals surface area contributed by atoms with Crippen molar-refractivity contribution in [1.82, 2.24) is 5.16 Å². The molecule has 0 saturated carbocycles. The second-order valence-corrected chi connectivity index (χ2v) is 6.97. The Morgan fingerprint density at radius 3 is 2.35 bits per heavy atom. The lowest BCUT2D eigenvalue weighted by Crippen LogP contribution is -2.12. The van der Waals surface area contributed by atoms with E-state index in [1.807, 2.05) is 30.3 Å². The molecule has 0 unspecified atom stereocenters. The van der Waals surface area contributed by atoms with E-state index in [1.54, 1.807) is 13.0 Å². The van der Waals surface area contributed by atoms with Crippen LogP contribution >= 0.6 is 11.6 Å². The van der Waals surface area contributed by atoms with Gasteiger partial charge in [-0.25, -0.2) is 13.6 Å². The Morgan fingerprint density at radius 1 is 1.09 bits per heavy atom. The molecule has 0 saturated heterocycles. The predicted molar refractivity (Wildman–Crippen MR) is 88.5 cm³/mol. The zero-order valence-corrected chi connectivity index (χ0v) is 13.7. The lowest BCUT2D eigenvalue weighted by molar-refractivity contribution is 0.427. The molecule has 0 spiro atoms. The number of benzene rings is 2. The Kier molecular flexibility index (Phi) is 3.97. The van der Waals surface area contributed by atoms with Gasteiger partial charge in [0.25, 0.3) is 0 Å². The van der Waals surface area contributed by atoms with Gasteiger partial charge in [-0.2, -0.15) is 0 Å². The number of aromatic nitrogens is 1. The van der Waals surface area contributed by atoms with Crippen molar-refractivity contribution in [2.24, 2.45) is 5.14 Å². The van der Waals surface area contributed by atoms with Gasteiger partial charge < -0.3 is 4.52 Å². The monoisotopic (exact) mass is 348 g/mol. The van der Waals surface area contributed by atoms with Crippen LogP contribution in [-0.4, -0.2) is 13.6 Å². The summed E-state index contributed by atoms with van der Waals surface area (Å²) in [5.41, 5.74) is 2.72.